The highest BCUT2D eigenvalue weighted by atomic mass is 31.0. The van der Waals surface area contributed by atoms with Gasteiger partial charge in [-0.05, 0) is 43.9 Å². The van der Waals surface area contributed by atoms with E-state index in [-0.39, 0.29) is 5.78 Å². The minimum absolute atomic E-state index is 0.197. The average Bonchev–Trinajstić information content (AvgIpc) is 2.62. The maximum absolute atomic E-state index is 13.2. The Labute approximate surface area is 157 Å². The Morgan fingerprint density at radius 1 is 1.00 bits per heavy atom. The van der Waals surface area contributed by atoms with Gasteiger partial charge >= 0.3 is 5.97 Å². The molecular formula is C21H27O4P. The number of ketones is 1. The van der Waals surface area contributed by atoms with Crippen LogP contribution in [0.5, 0.6) is 0 Å². The van der Waals surface area contributed by atoms with Crippen LogP contribution >= 0.6 is 9.12 Å². The van der Waals surface area contributed by atoms with E-state index in [0.29, 0.717) is 26.9 Å². The molecule has 140 valence electrons. The molecule has 2 aromatic carbocycles. The van der Waals surface area contributed by atoms with E-state index < -0.39 is 11.9 Å². The Kier molecular flexibility index (Phi) is 9.01. The Morgan fingerprint density at radius 3 is 2.04 bits per heavy atom. The third kappa shape index (κ3) is 5.40. The maximum Gasteiger partial charge on any atom is 0.321 e. The van der Waals surface area contributed by atoms with E-state index in [1.54, 1.807) is 12.1 Å². The van der Waals surface area contributed by atoms with Crippen molar-refractivity contribution >= 4 is 20.9 Å². The van der Waals surface area contributed by atoms with Gasteiger partial charge in [0, 0.05) is 5.56 Å². The number of Topliss-reactive ketones (excluding diaryl/α,β-unsaturated/α-hetero) is 1. The summed E-state index contributed by atoms with van der Waals surface area (Å²) in [6.07, 6.45) is 0.726. The first-order chi connectivity index (χ1) is 12.5. The van der Waals surface area contributed by atoms with Crippen LogP contribution in [0.3, 0.4) is 0 Å². The lowest BCUT2D eigenvalue weighted by Gasteiger charge is -2.18. The molecule has 0 bridgehead atoms. The predicted octanol–water partition coefficient (Wildman–Crippen LogP) is 4.47. The molecule has 0 radical (unpaired) electrons. The molecule has 5 heteroatoms. The second-order valence-electron chi connectivity index (χ2n) is 6.15. The molecule has 2 aromatic rings. The normalized spacial score (nSPS) is 11.2. The molecule has 0 N–H and O–H groups in total. The van der Waals surface area contributed by atoms with Crippen LogP contribution in [0.2, 0.25) is 0 Å². The quantitative estimate of drug-likeness (QED) is 0.324. The third-order valence-electron chi connectivity index (χ3n) is 4.00. The number of aryl methyl sites for hydroxylation is 3. The van der Waals surface area contributed by atoms with Gasteiger partial charge in [0.2, 0.25) is 0 Å². The van der Waals surface area contributed by atoms with Gasteiger partial charge in [0.15, 0.2) is 5.78 Å². The number of carbonyl (C=O) groups excluding carboxylic acids is 2. The highest BCUT2D eigenvalue weighted by Gasteiger charge is 2.32. The molecule has 4 nitrogen and oxygen atoms in total. The maximum atomic E-state index is 13.2. The number of hydrogen-bond acceptors (Lipinski definition) is 4. The van der Waals surface area contributed by atoms with Crippen LogP contribution in [0.1, 0.15) is 51.9 Å². The van der Waals surface area contributed by atoms with Gasteiger partial charge in [-0.1, -0.05) is 55.0 Å². The SMILES string of the molecule is CCCOC(=O)C(C(=O)c1c(C)cc(C)cc1C)c1ccccc1.O=[PH3]. The smallest absolute Gasteiger partial charge is 0.321 e. The minimum Gasteiger partial charge on any atom is -0.465 e. The molecule has 0 saturated heterocycles. The first kappa shape index (κ1) is 21.9. The Morgan fingerprint density at radius 2 is 1.54 bits per heavy atom. The summed E-state index contributed by atoms with van der Waals surface area (Å²) < 4.78 is 13.6. The van der Waals surface area contributed by atoms with Crippen molar-refractivity contribution in [2.24, 2.45) is 0 Å². The van der Waals surface area contributed by atoms with E-state index >= 15 is 0 Å². The minimum atomic E-state index is -0.919. The first-order valence-electron chi connectivity index (χ1n) is 8.58. The number of esters is 1. The van der Waals surface area contributed by atoms with Gasteiger partial charge in [0.1, 0.15) is 5.92 Å². The molecule has 0 heterocycles. The van der Waals surface area contributed by atoms with Gasteiger partial charge in [0.05, 0.1) is 15.7 Å². The van der Waals surface area contributed by atoms with Gasteiger partial charge in [0.25, 0.3) is 0 Å². The van der Waals surface area contributed by atoms with E-state index in [4.69, 9.17) is 9.30 Å². The van der Waals surface area contributed by atoms with Crippen LogP contribution in [-0.2, 0) is 14.1 Å². The molecule has 2 unspecified atom stereocenters. The van der Waals surface area contributed by atoms with Crippen LogP contribution in [0.25, 0.3) is 0 Å². The number of hydrogen-bond donors (Lipinski definition) is 0. The average molecular weight is 374 g/mol. The molecular weight excluding hydrogens is 347 g/mol. The highest BCUT2D eigenvalue weighted by molar-refractivity contribution is 7.00. The summed E-state index contributed by atoms with van der Waals surface area (Å²) in [5.74, 6) is -1.59. The zero-order valence-corrected chi connectivity index (χ0v) is 17.3. The van der Waals surface area contributed by atoms with Crippen molar-refractivity contribution in [3.63, 3.8) is 0 Å². The van der Waals surface area contributed by atoms with Crippen LogP contribution in [0.4, 0.5) is 0 Å². The van der Waals surface area contributed by atoms with Crippen molar-refractivity contribution in [2.45, 2.75) is 40.0 Å². The molecule has 0 aromatic heterocycles. The Hall–Kier alpha value is -2.19. The van der Waals surface area contributed by atoms with E-state index in [1.165, 1.54) is 0 Å². The van der Waals surface area contributed by atoms with Gasteiger partial charge in [-0.25, -0.2) is 0 Å². The lowest BCUT2D eigenvalue weighted by Crippen LogP contribution is -2.26. The van der Waals surface area contributed by atoms with Gasteiger partial charge in [-0.15, -0.1) is 0 Å². The first-order valence-corrected chi connectivity index (χ1v) is 9.16. The highest BCUT2D eigenvalue weighted by Crippen LogP contribution is 2.27. The Balaban J connectivity index is 0.00000163. The summed E-state index contributed by atoms with van der Waals surface area (Å²) in [7, 11) is 0.611. The topological polar surface area (TPSA) is 60.4 Å². The molecule has 2 rings (SSSR count). The summed E-state index contributed by atoms with van der Waals surface area (Å²) in [5.41, 5.74) is 4.17. The fraction of sp³-hybridized carbons (Fsp3) is 0.333. The summed E-state index contributed by atoms with van der Waals surface area (Å²) in [6, 6.07) is 13.1. The van der Waals surface area contributed by atoms with E-state index in [9.17, 15) is 9.59 Å². The summed E-state index contributed by atoms with van der Waals surface area (Å²) >= 11 is 0. The second-order valence-corrected chi connectivity index (χ2v) is 6.15. The van der Waals surface area contributed by atoms with Crippen LogP contribution in [0.15, 0.2) is 42.5 Å². The molecule has 0 spiro atoms. The third-order valence-corrected chi connectivity index (χ3v) is 4.00. The monoisotopic (exact) mass is 374 g/mol. The van der Waals surface area contributed by atoms with Crippen LogP contribution in [-0.4, -0.2) is 18.4 Å². The molecule has 0 amide bonds. The van der Waals surface area contributed by atoms with Gasteiger partial charge in [-0.2, -0.15) is 0 Å². The van der Waals surface area contributed by atoms with Gasteiger partial charge < -0.3 is 9.30 Å². The van der Waals surface area contributed by atoms with E-state index in [2.05, 4.69) is 0 Å². The molecule has 2 atom stereocenters. The van der Waals surface area contributed by atoms with Gasteiger partial charge in [-0.3, -0.25) is 9.59 Å². The summed E-state index contributed by atoms with van der Waals surface area (Å²) in [5, 5.41) is 0. The van der Waals surface area contributed by atoms with Crippen molar-refractivity contribution in [2.75, 3.05) is 6.61 Å². The lowest BCUT2D eigenvalue weighted by atomic mass is 9.86. The number of carbonyl (C=O) groups is 2. The number of rotatable bonds is 6. The largest absolute Gasteiger partial charge is 0.465 e. The van der Waals surface area contributed by atoms with E-state index in [1.807, 2.05) is 58.0 Å². The lowest BCUT2D eigenvalue weighted by molar-refractivity contribution is -0.144. The zero-order valence-electron chi connectivity index (χ0n) is 15.9. The van der Waals surface area contributed by atoms with E-state index in [0.717, 1.165) is 23.1 Å². The number of ether oxygens (including phenoxy) is 1. The molecule has 0 aliphatic heterocycles. The second kappa shape index (κ2) is 10.7. The molecule has 0 saturated carbocycles. The standard InChI is InChI=1S/C21H24O3.H3OP/c1-5-11-24-21(23)19(17-9-7-6-8-10-17)20(22)18-15(3)12-14(2)13-16(18)4;1-2/h6-10,12-13,19H,5,11H2,1-4H3;2H3. The molecule has 0 fully saturated rings. The van der Waals surface area contributed by atoms with Crippen LogP contribution < -0.4 is 0 Å². The summed E-state index contributed by atoms with van der Waals surface area (Å²) in [4.78, 5) is 25.8. The van der Waals surface area contributed by atoms with Crippen molar-refractivity contribution in [3.05, 3.63) is 70.3 Å². The van der Waals surface area contributed by atoms with Crippen molar-refractivity contribution < 1.29 is 18.9 Å². The fourth-order valence-corrected chi connectivity index (χ4v) is 3.04. The zero-order chi connectivity index (χ0) is 19.7. The van der Waals surface area contributed by atoms with Crippen molar-refractivity contribution in [1.82, 2.24) is 0 Å². The summed E-state index contributed by atoms with van der Waals surface area (Å²) in [6.45, 7) is 8.07. The fourth-order valence-electron chi connectivity index (χ4n) is 3.04. The van der Waals surface area contributed by atoms with Crippen LogP contribution in [0, 0.1) is 20.8 Å². The molecule has 0 aliphatic rings. The van der Waals surface area contributed by atoms with Crippen molar-refractivity contribution in [1.29, 1.82) is 0 Å². The molecule has 26 heavy (non-hydrogen) atoms. The van der Waals surface area contributed by atoms with Crippen molar-refractivity contribution in [3.8, 4) is 0 Å². The predicted molar refractivity (Wildman–Crippen MR) is 107 cm³/mol. The number of benzene rings is 2. The molecule has 0 aliphatic carbocycles. The Bertz CT molecular complexity index is 733.